The van der Waals surface area contributed by atoms with Crippen LogP contribution in [-0.2, 0) is 16.6 Å². The average Bonchev–Trinajstić information content (AvgIpc) is 3.28. The van der Waals surface area contributed by atoms with Crippen LogP contribution in [-0.4, -0.2) is 59.8 Å². The number of rotatable bonds is 6. The molecule has 4 aromatic rings. The third-order valence-electron chi connectivity index (χ3n) is 6.39. The highest BCUT2D eigenvalue weighted by Crippen LogP contribution is 2.31. The van der Waals surface area contributed by atoms with Gasteiger partial charge in [-0.05, 0) is 35.4 Å². The third-order valence-corrected chi connectivity index (χ3v) is 7.69. The molecule has 0 bridgehead atoms. The molecule has 1 aliphatic rings. The van der Waals surface area contributed by atoms with E-state index in [2.05, 4.69) is 22.1 Å². The monoisotopic (exact) mass is 490 g/mol. The number of aromatic nitrogens is 2. The van der Waals surface area contributed by atoms with Crippen LogP contribution in [0.5, 0.6) is 0 Å². The summed E-state index contributed by atoms with van der Waals surface area (Å²) in [5.74, 6) is -0.307. The van der Waals surface area contributed by atoms with Gasteiger partial charge in [-0.25, -0.2) is 17.5 Å². The number of hydrogen-bond donors (Lipinski definition) is 0. The van der Waals surface area contributed by atoms with Crippen LogP contribution in [0.4, 0.5) is 4.39 Å². The molecule has 0 unspecified atom stereocenters. The van der Waals surface area contributed by atoms with Gasteiger partial charge in [-0.15, -0.1) is 0 Å². The lowest BCUT2D eigenvalue weighted by molar-refractivity contribution is 0.182. The lowest BCUT2D eigenvalue weighted by Gasteiger charge is -2.33. The summed E-state index contributed by atoms with van der Waals surface area (Å²) in [6.07, 6.45) is 3.03. The number of halogens is 1. The van der Waals surface area contributed by atoms with Crippen molar-refractivity contribution in [2.75, 3.05) is 32.4 Å². The molecule has 1 saturated heterocycles. The van der Waals surface area contributed by atoms with Crippen LogP contribution >= 0.6 is 0 Å². The van der Waals surface area contributed by atoms with Crippen LogP contribution in [0.25, 0.3) is 28.1 Å². The maximum absolute atomic E-state index is 14.9. The van der Waals surface area contributed by atoms with Gasteiger partial charge in [-0.1, -0.05) is 54.6 Å². The van der Waals surface area contributed by atoms with Crippen LogP contribution in [0.15, 0.2) is 85.1 Å². The largest absolute Gasteiger partial charge is 0.296 e. The first kappa shape index (κ1) is 23.4. The van der Waals surface area contributed by atoms with Crippen molar-refractivity contribution in [3.05, 3.63) is 96.4 Å². The van der Waals surface area contributed by atoms with E-state index in [1.807, 2.05) is 48.5 Å². The summed E-state index contributed by atoms with van der Waals surface area (Å²) in [6.45, 7) is 2.68. The number of sulfonamides is 1. The minimum Gasteiger partial charge on any atom is -0.296 e. The molecule has 2 heterocycles. The van der Waals surface area contributed by atoms with Crippen molar-refractivity contribution in [3.8, 4) is 28.1 Å². The Kier molecular flexibility index (Phi) is 6.51. The van der Waals surface area contributed by atoms with Gasteiger partial charge in [0.2, 0.25) is 10.0 Å². The van der Waals surface area contributed by atoms with Gasteiger partial charge in [-0.3, -0.25) is 4.90 Å². The van der Waals surface area contributed by atoms with E-state index in [0.29, 0.717) is 44.0 Å². The van der Waals surface area contributed by atoms with Crippen molar-refractivity contribution in [1.29, 1.82) is 0 Å². The fourth-order valence-corrected chi connectivity index (χ4v) is 5.35. The molecule has 180 valence electrons. The van der Waals surface area contributed by atoms with Gasteiger partial charge in [0, 0.05) is 43.9 Å². The number of hydrogen-bond acceptors (Lipinski definition) is 4. The van der Waals surface area contributed by atoms with E-state index in [1.165, 1.54) is 16.6 Å². The first-order chi connectivity index (χ1) is 16.9. The molecule has 3 aromatic carbocycles. The van der Waals surface area contributed by atoms with Crippen molar-refractivity contribution in [2.24, 2.45) is 0 Å². The number of piperazine rings is 1. The van der Waals surface area contributed by atoms with Crippen molar-refractivity contribution in [2.45, 2.75) is 6.54 Å². The second-order valence-electron chi connectivity index (χ2n) is 8.76. The Balaban J connectivity index is 1.47. The van der Waals surface area contributed by atoms with Crippen LogP contribution in [0, 0.1) is 5.82 Å². The van der Waals surface area contributed by atoms with Crippen molar-refractivity contribution in [1.82, 2.24) is 19.0 Å². The molecule has 0 saturated carbocycles. The maximum Gasteiger partial charge on any atom is 0.211 e. The first-order valence-electron chi connectivity index (χ1n) is 11.6. The van der Waals surface area contributed by atoms with E-state index in [4.69, 9.17) is 0 Å². The highest BCUT2D eigenvalue weighted by Gasteiger charge is 2.25. The van der Waals surface area contributed by atoms with Crippen LogP contribution in [0.1, 0.15) is 5.56 Å². The third kappa shape index (κ3) is 5.05. The van der Waals surface area contributed by atoms with E-state index in [1.54, 1.807) is 23.0 Å². The molecule has 1 aliphatic heterocycles. The predicted octanol–water partition coefficient (Wildman–Crippen LogP) is 4.42. The van der Waals surface area contributed by atoms with Gasteiger partial charge in [0.25, 0.3) is 0 Å². The fourth-order valence-electron chi connectivity index (χ4n) is 4.52. The van der Waals surface area contributed by atoms with E-state index < -0.39 is 10.0 Å². The lowest BCUT2D eigenvalue weighted by Crippen LogP contribution is -2.47. The zero-order valence-electron chi connectivity index (χ0n) is 19.5. The Bertz CT molecular complexity index is 1410. The zero-order valence-corrected chi connectivity index (χ0v) is 20.3. The Morgan fingerprint density at radius 1 is 0.829 bits per heavy atom. The molecule has 6 nitrogen and oxygen atoms in total. The number of nitrogens with zero attached hydrogens (tertiary/aromatic N) is 4. The van der Waals surface area contributed by atoms with Gasteiger partial charge >= 0.3 is 0 Å². The average molecular weight is 491 g/mol. The van der Waals surface area contributed by atoms with E-state index in [9.17, 15) is 12.8 Å². The molecule has 0 atom stereocenters. The Hall–Kier alpha value is -3.33. The molecular weight excluding hydrogens is 463 g/mol. The van der Waals surface area contributed by atoms with E-state index in [0.717, 1.165) is 22.4 Å². The van der Waals surface area contributed by atoms with Gasteiger partial charge in [0.15, 0.2) is 0 Å². The Morgan fingerprint density at radius 2 is 1.46 bits per heavy atom. The van der Waals surface area contributed by atoms with Gasteiger partial charge in [0.1, 0.15) is 5.82 Å². The zero-order chi connectivity index (χ0) is 24.4. The van der Waals surface area contributed by atoms with E-state index in [-0.39, 0.29) is 5.82 Å². The molecule has 35 heavy (non-hydrogen) atoms. The van der Waals surface area contributed by atoms with Gasteiger partial charge in [-0.2, -0.15) is 9.40 Å². The molecule has 8 heteroatoms. The van der Waals surface area contributed by atoms with Crippen molar-refractivity contribution >= 4 is 10.0 Å². The molecule has 0 amide bonds. The summed E-state index contributed by atoms with van der Waals surface area (Å²) in [5, 5.41) is 4.64. The molecule has 1 aromatic heterocycles. The highest BCUT2D eigenvalue weighted by atomic mass is 32.2. The summed E-state index contributed by atoms with van der Waals surface area (Å²) in [4.78, 5) is 2.19. The van der Waals surface area contributed by atoms with Gasteiger partial charge < -0.3 is 0 Å². The van der Waals surface area contributed by atoms with E-state index >= 15 is 0 Å². The van der Waals surface area contributed by atoms with Gasteiger partial charge in [0.05, 0.1) is 23.8 Å². The van der Waals surface area contributed by atoms with Crippen molar-refractivity contribution in [3.63, 3.8) is 0 Å². The SMILES string of the molecule is CS(=O)(=O)N1CCN(Cc2cnn(-c3ccc(-c4ccccc4)cc3)c2-c2ccccc2F)CC1. The smallest absolute Gasteiger partial charge is 0.211 e. The van der Waals surface area contributed by atoms with Crippen molar-refractivity contribution < 1.29 is 12.8 Å². The lowest BCUT2D eigenvalue weighted by atomic mass is 10.0. The number of benzene rings is 3. The molecular formula is C27H27FN4O2S. The summed E-state index contributed by atoms with van der Waals surface area (Å²) in [6, 6.07) is 24.9. The maximum atomic E-state index is 14.9. The quantitative estimate of drug-likeness (QED) is 0.402. The highest BCUT2D eigenvalue weighted by molar-refractivity contribution is 7.88. The Labute approximate surface area is 205 Å². The second-order valence-corrected chi connectivity index (χ2v) is 10.7. The Morgan fingerprint density at radius 3 is 2.11 bits per heavy atom. The molecule has 0 aliphatic carbocycles. The summed E-state index contributed by atoms with van der Waals surface area (Å²) >= 11 is 0. The van der Waals surface area contributed by atoms with Crippen LogP contribution in [0.3, 0.4) is 0 Å². The minimum absolute atomic E-state index is 0.307. The topological polar surface area (TPSA) is 58.4 Å². The molecule has 0 spiro atoms. The van der Waals surface area contributed by atoms with Crippen LogP contribution < -0.4 is 0 Å². The summed E-state index contributed by atoms with van der Waals surface area (Å²) < 4.78 is 41.9. The molecule has 0 radical (unpaired) electrons. The predicted molar refractivity (Wildman–Crippen MR) is 136 cm³/mol. The fraction of sp³-hybridized carbons (Fsp3) is 0.222. The molecule has 0 N–H and O–H groups in total. The molecule has 5 rings (SSSR count). The normalized spacial score (nSPS) is 15.4. The second kappa shape index (κ2) is 9.73. The standard InChI is InChI=1S/C27H27FN4O2S/c1-35(33,34)31-17-15-30(16-18-31)20-23-19-29-32(27(23)25-9-5-6-10-26(25)28)24-13-11-22(12-14-24)21-7-3-2-4-8-21/h2-14,19H,15-18,20H2,1H3. The minimum atomic E-state index is -3.19. The summed E-state index contributed by atoms with van der Waals surface area (Å²) in [7, 11) is -3.19. The molecule has 1 fully saturated rings. The summed E-state index contributed by atoms with van der Waals surface area (Å²) in [5.41, 5.74) is 5.16. The first-order valence-corrected chi connectivity index (χ1v) is 13.4. The van der Waals surface area contributed by atoms with Crippen LogP contribution in [0.2, 0.25) is 0 Å².